The van der Waals surface area contributed by atoms with E-state index in [9.17, 15) is 4.79 Å². The Labute approximate surface area is 144 Å². The van der Waals surface area contributed by atoms with Gasteiger partial charge in [-0.25, -0.2) is 0 Å². The summed E-state index contributed by atoms with van der Waals surface area (Å²) in [5.74, 6) is 0.258. The molecule has 0 aliphatic rings. The number of hydrogen-bond donors (Lipinski definition) is 1. The number of nitrogens with zero attached hydrogens (tertiary/aromatic N) is 1. The lowest BCUT2D eigenvalue weighted by atomic mass is 10.0. The summed E-state index contributed by atoms with van der Waals surface area (Å²) >= 11 is 5.93. The van der Waals surface area contributed by atoms with Crippen molar-refractivity contribution in [3.8, 4) is 11.3 Å². The quantitative estimate of drug-likeness (QED) is 0.716. The van der Waals surface area contributed by atoms with Gasteiger partial charge in [0.15, 0.2) is 5.76 Å². The predicted molar refractivity (Wildman–Crippen MR) is 92.8 cm³/mol. The molecule has 6 heteroatoms. The second kappa shape index (κ2) is 7.03. The molecule has 0 saturated carbocycles. The third-order valence-corrected chi connectivity index (χ3v) is 3.94. The first kappa shape index (κ1) is 16.5. The van der Waals surface area contributed by atoms with Gasteiger partial charge in [0, 0.05) is 16.0 Å². The second-order valence-corrected chi connectivity index (χ2v) is 5.87. The molecule has 0 bridgehead atoms. The standard InChI is InChI=1S/C18H17ClN2O3/c1-2-23-18(22)15(20)10-11-3-8-16-14(9-11)17(24-21-16)12-4-6-13(19)7-5-12/h3-9,15H,2,10,20H2,1H3. The molecule has 0 aliphatic heterocycles. The van der Waals surface area contributed by atoms with E-state index in [2.05, 4.69) is 5.16 Å². The maximum absolute atomic E-state index is 11.7. The fourth-order valence-corrected chi connectivity index (χ4v) is 2.64. The van der Waals surface area contributed by atoms with Crippen LogP contribution in [0.2, 0.25) is 5.02 Å². The largest absolute Gasteiger partial charge is 0.465 e. The lowest BCUT2D eigenvalue weighted by Crippen LogP contribution is -2.34. The van der Waals surface area contributed by atoms with Gasteiger partial charge in [-0.2, -0.15) is 0 Å². The summed E-state index contributed by atoms with van der Waals surface area (Å²) < 4.78 is 10.4. The van der Waals surface area contributed by atoms with Crippen molar-refractivity contribution in [3.63, 3.8) is 0 Å². The summed E-state index contributed by atoms with van der Waals surface area (Å²) in [6, 6.07) is 12.3. The number of ether oxygens (including phenoxy) is 1. The summed E-state index contributed by atoms with van der Waals surface area (Å²) in [5.41, 5.74) is 8.44. The average molecular weight is 345 g/mol. The zero-order valence-corrected chi connectivity index (χ0v) is 13.9. The first-order chi connectivity index (χ1) is 11.6. The lowest BCUT2D eigenvalue weighted by Gasteiger charge is -2.10. The Bertz CT molecular complexity index is 858. The summed E-state index contributed by atoms with van der Waals surface area (Å²) in [4.78, 5) is 11.7. The van der Waals surface area contributed by atoms with Gasteiger partial charge in [-0.15, -0.1) is 0 Å². The van der Waals surface area contributed by atoms with Crippen LogP contribution in [0.4, 0.5) is 0 Å². The first-order valence-corrected chi connectivity index (χ1v) is 8.02. The molecule has 0 fully saturated rings. The Morgan fingerprint density at radius 2 is 2.04 bits per heavy atom. The molecule has 3 rings (SSSR count). The van der Waals surface area contributed by atoms with Crippen molar-refractivity contribution in [2.24, 2.45) is 5.73 Å². The molecule has 2 N–H and O–H groups in total. The molecule has 0 saturated heterocycles. The molecule has 5 nitrogen and oxygen atoms in total. The fourth-order valence-electron chi connectivity index (χ4n) is 2.51. The molecule has 124 valence electrons. The third kappa shape index (κ3) is 3.42. The van der Waals surface area contributed by atoms with Gasteiger partial charge >= 0.3 is 5.97 Å². The van der Waals surface area contributed by atoms with Gasteiger partial charge < -0.3 is 15.0 Å². The highest BCUT2D eigenvalue weighted by molar-refractivity contribution is 6.30. The van der Waals surface area contributed by atoms with Crippen molar-refractivity contribution in [3.05, 3.63) is 53.1 Å². The van der Waals surface area contributed by atoms with E-state index >= 15 is 0 Å². The van der Waals surface area contributed by atoms with Gasteiger partial charge in [-0.05, 0) is 55.3 Å². The maximum atomic E-state index is 11.7. The van der Waals surface area contributed by atoms with E-state index in [1.165, 1.54) is 0 Å². The van der Waals surface area contributed by atoms with Crippen molar-refractivity contribution in [1.82, 2.24) is 5.16 Å². The van der Waals surface area contributed by atoms with Gasteiger partial charge in [0.25, 0.3) is 0 Å². The van der Waals surface area contributed by atoms with E-state index in [0.29, 0.717) is 23.8 Å². The van der Waals surface area contributed by atoms with E-state index in [-0.39, 0.29) is 0 Å². The number of halogens is 1. The van der Waals surface area contributed by atoms with Crippen LogP contribution in [0.3, 0.4) is 0 Å². The molecule has 3 aromatic rings. The van der Waals surface area contributed by atoms with Crippen LogP contribution in [0, 0.1) is 0 Å². The van der Waals surface area contributed by atoms with Crippen LogP contribution in [-0.4, -0.2) is 23.8 Å². The monoisotopic (exact) mass is 344 g/mol. The van der Waals surface area contributed by atoms with Crippen molar-refractivity contribution in [2.45, 2.75) is 19.4 Å². The zero-order chi connectivity index (χ0) is 17.1. The Morgan fingerprint density at radius 1 is 1.29 bits per heavy atom. The maximum Gasteiger partial charge on any atom is 0.323 e. The SMILES string of the molecule is CCOC(=O)C(N)Cc1ccc2noc(-c3ccc(Cl)cc3)c2c1. The molecule has 1 heterocycles. The second-order valence-electron chi connectivity index (χ2n) is 5.43. The van der Waals surface area contributed by atoms with Crippen molar-refractivity contribution < 1.29 is 14.1 Å². The topological polar surface area (TPSA) is 78.4 Å². The van der Waals surface area contributed by atoms with Gasteiger partial charge in [0.2, 0.25) is 0 Å². The van der Waals surface area contributed by atoms with Crippen LogP contribution in [0.1, 0.15) is 12.5 Å². The molecule has 0 amide bonds. The molecule has 1 unspecified atom stereocenters. The summed E-state index contributed by atoms with van der Waals surface area (Å²) in [6.07, 6.45) is 0.389. The van der Waals surface area contributed by atoms with Crippen molar-refractivity contribution in [1.29, 1.82) is 0 Å². The van der Waals surface area contributed by atoms with E-state index in [0.717, 1.165) is 22.0 Å². The van der Waals surface area contributed by atoms with Gasteiger partial charge in [0.05, 0.1) is 6.61 Å². The van der Waals surface area contributed by atoms with Crippen LogP contribution in [-0.2, 0) is 16.0 Å². The zero-order valence-electron chi connectivity index (χ0n) is 13.2. The Morgan fingerprint density at radius 3 is 2.75 bits per heavy atom. The molecule has 2 aromatic carbocycles. The number of fused-ring (bicyclic) bond motifs is 1. The van der Waals surface area contributed by atoms with Crippen LogP contribution in [0.5, 0.6) is 0 Å². The summed E-state index contributed by atoms with van der Waals surface area (Å²) in [6.45, 7) is 2.07. The minimum absolute atomic E-state index is 0.317. The van der Waals surface area contributed by atoms with Crippen LogP contribution in [0.15, 0.2) is 47.0 Å². The van der Waals surface area contributed by atoms with E-state index in [1.807, 2.05) is 30.3 Å². The number of benzene rings is 2. The summed E-state index contributed by atoms with van der Waals surface area (Å²) in [7, 11) is 0. The minimum atomic E-state index is -0.693. The number of hydrogen-bond acceptors (Lipinski definition) is 5. The number of carbonyl (C=O) groups is 1. The normalized spacial score (nSPS) is 12.3. The highest BCUT2D eigenvalue weighted by Gasteiger charge is 2.17. The lowest BCUT2D eigenvalue weighted by molar-refractivity contribution is -0.144. The van der Waals surface area contributed by atoms with Crippen molar-refractivity contribution >= 4 is 28.5 Å². The number of aromatic nitrogens is 1. The molecule has 1 atom stereocenters. The third-order valence-electron chi connectivity index (χ3n) is 3.69. The number of nitrogens with two attached hydrogens (primary N) is 1. The van der Waals surface area contributed by atoms with Gasteiger partial charge in [-0.3, -0.25) is 4.79 Å². The smallest absolute Gasteiger partial charge is 0.323 e. The molecule has 0 radical (unpaired) electrons. The van der Waals surface area contributed by atoms with E-state index < -0.39 is 12.0 Å². The fraction of sp³-hybridized carbons (Fsp3) is 0.222. The van der Waals surface area contributed by atoms with Gasteiger partial charge in [0.1, 0.15) is 11.6 Å². The Hall–Kier alpha value is -2.37. The van der Waals surface area contributed by atoms with Crippen LogP contribution >= 0.6 is 11.6 Å². The van der Waals surface area contributed by atoms with Crippen molar-refractivity contribution in [2.75, 3.05) is 6.61 Å². The van der Waals surface area contributed by atoms with Crippen LogP contribution < -0.4 is 5.73 Å². The Kier molecular flexibility index (Phi) is 4.83. The van der Waals surface area contributed by atoms with Crippen LogP contribution in [0.25, 0.3) is 22.2 Å². The Balaban J connectivity index is 1.91. The number of esters is 1. The average Bonchev–Trinajstić information content (AvgIpc) is 2.99. The molecule has 1 aromatic heterocycles. The van der Waals surface area contributed by atoms with E-state index in [4.69, 9.17) is 26.6 Å². The molecule has 24 heavy (non-hydrogen) atoms. The number of rotatable bonds is 5. The highest BCUT2D eigenvalue weighted by Crippen LogP contribution is 2.30. The highest BCUT2D eigenvalue weighted by atomic mass is 35.5. The molecule has 0 spiro atoms. The summed E-state index contributed by atoms with van der Waals surface area (Å²) in [5, 5.41) is 5.59. The van der Waals surface area contributed by atoms with Gasteiger partial charge in [-0.1, -0.05) is 22.8 Å². The van der Waals surface area contributed by atoms with E-state index in [1.54, 1.807) is 19.1 Å². The number of carbonyl (C=O) groups excluding carboxylic acids is 1. The first-order valence-electron chi connectivity index (χ1n) is 7.65. The predicted octanol–water partition coefficient (Wildman–Crippen LogP) is 3.58. The molecular formula is C18H17ClN2O3. The molecule has 0 aliphatic carbocycles. The minimum Gasteiger partial charge on any atom is -0.465 e. The molecular weight excluding hydrogens is 328 g/mol.